The minimum absolute atomic E-state index is 0.0783. The number of halogens is 2. The van der Waals surface area contributed by atoms with Gasteiger partial charge in [0.2, 0.25) is 0 Å². The number of alkyl halides is 2. The first kappa shape index (κ1) is 17.3. The van der Waals surface area contributed by atoms with Crippen LogP contribution >= 0.6 is 0 Å². The molecule has 25 heavy (non-hydrogen) atoms. The van der Waals surface area contributed by atoms with Gasteiger partial charge < -0.3 is 15.0 Å². The highest BCUT2D eigenvalue weighted by Crippen LogP contribution is 2.22. The van der Waals surface area contributed by atoms with E-state index in [1.807, 2.05) is 0 Å². The molecule has 1 aromatic heterocycles. The van der Waals surface area contributed by atoms with Gasteiger partial charge in [0.05, 0.1) is 5.69 Å². The average Bonchev–Trinajstić information content (AvgIpc) is 3.07. The maximum Gasteiger partial charge on any atom is 0.387 e. The van der Waals surface area contributed by atoms with Crippen LogP contribution in [-0.2, 0) is 0 Å². The van der Waals surface area contributed by atoms with E-state index in [4.69, 9.17) is 0 Å². The van der Waals surface area contributed by atoms with Crippen LogP contribution in [0, 0.1) is 0 Å². The number of aromatic nitrogens is 2. The van der Waals surface area contributed by atoms with Crippen molar-refractivity contribution in [2.24, 2.45) is 0 Å². The van der Waals surface area contributed by atoms with Crippen molar-refractivity contribution < 1.29 is 18.3 Å². The first-order chi connectivity index (χ1) is 12.0. The van der Waals surface area contributed by atoms with Crippen LogP contribution in [0.2, 0.25) is 0 Å². The summed E-state index contributed by atoms with van der Waals surface area (Å²) in [6.07, 6.45) is 1.85. The monoisotopic (exact) mass is 350 g/mol. The molecule has 1 amide bonds. The van der Waals surface area contributed by atoms with Crippen molar-refractivity contribution in [1.82, 2.24) is 20.4 Å². The van der Waals surface area contributed by atoms with Crippen molar-refractivity contribution in [2.45, 2.75) is 25.5 Å². The number of piperidine rings is 1. The lowest BCUT2D eigenvalue weighted by Gasteiger charge is -2.29. The molecule has 8 heteroatoms. The summed E-state index contributed by atoms with van der Waals surface area (Å²) < 4.78 is 28.6. The molecular formula is C17H20F2N4O2. The number of hydrogen-bond donors (Lipinski definition) is 2. The molecule has 1 fully saturated rings. The van der Waals surface area contributed by atoms with E-state index in [1.165, 1.54) is 12.1 Å². The molecule has 1 aliphatic heterocycles. The number of carbonyl (C=O) groups excluding carboxylic acids is 1. The minimum Gasteiger partial charge on any atom is -0.435 e. The van der Waals surface area contributed by atoms with E-state index in [9.17, 15) is 13.6 Å². The Morgan fingerprint density at radius 2 is 2.00 bits per heavy atom. The Kier molecular flexibility index (Phi) is 5.28. The molecular weight excluding hydrogens is 330 g/mol. The molecule has 1 saturated heterocycles. The zero-order valence-electron chi connectivity index (χ0n) is 13.8. The van der Waals surface area contributed by atoms with Crippen LogP contribution in [0.1, 0.15) is 23.3 Å². The van der Waals surface area contributed by atoms with E-state index in [2.05, 4.69) is 32.2 Å². The van der Waals surface area contributed by atoms with Gasteiger partial charge >= 0.3 is 6.61 Å². The van der Waals surface area contributed by atoms with E-state index >= 15 is 0 Å². The van der Waals surface area contributed by atoms with Gasteiger partial charge in [-0.25, -0.2) is 0 Å². The number of rotatable bonds is 5. The van der Waals surface area contributed by atoms with Crippen molar-refractivity contribution in [3.8, 4) is 17.0 Å². The van der Waals surface area contributed by atoms with Crippen LogP contribution in [0.25, 0.3) is 11.3 Å². The van der Waals surface area contributed by atoms with E-state index in [-0.39, 0.29) is 17.7 Å². The molecule has 0 radical (unpaired) electrons. The second-order valence-electron chi connectivity index (χ2n) is 6.12. The molecule has 2 aromatic rings. The summed E-state index contributed by atoms with van der Waals surface area (Å²) in [5.74, 6) is -0.111. The highest BCUT2D eigenvalue weighted by Gasteiger charge is 2.20. The van der Waals surface area contributed by atoms with E-state index < -0.39 is 6.61 Å². The Labute approximate surface area is 144 Å². The Bertz CT molecular complexity index is 710. The number of ether oxygens (including phenoxy) is 1. The van der Waals surface area contributed by atoms with Crippen LogP contribution in [-0.4, -0.2) is 53.8 Å². The molecule has 0 aliphatic carbocycles. The van der Waals surface area contributed by atoms with Crippen molar-refractivity contribution >= 4 is 5.91 Å². The molecule has 2 N–H and O–H groups in total. The first-order valence-corrected chi connectivity index (χ1v) is 8.11. The van der Waals surface area contributed by atoms with Crippen LogP contribution < -0.4 is 10.1 Å². The molecule has 0 bridgehead atoms. The van der Waals surface area contributed by atoms with Crippen LogP contribution in [0.3, 0.4) is 0 Å². The third-order valence-electron chi connectivity index (χ3n) is 4.25. The number of H-pyrrole nitrogens is 1. The number of amides is 1. The summed E-state index contributed by atoms with van der Waals surface area (Å²) in [5, 5.41) is 9.86. The molecule has 0 unspecified atom stereocenters. The number of nitrogens with zero attached hydrogens (tertiary/aromatic N) is 2. The number of hydrogen-bond acceptors (Lipinski definition) is 4. The molecule has 0 saturated carbocycles. The predicted octanol–water partition coefficient (Wildman–Crippen LogP) is 2.50. The van der Waals surface area contributed by atoms with Gasteiger partial charge in [-0.15, -0.1) is 0 Å². The van der Waals surface area contributed by atoms with Crippen LogP contribution in [0.4, 0.5) is 8.78 Å². The highest BCUT2D eigenvalue weighted by molar-refractivity contribution is 5.93. The lowest BCUT2D eigenvalue weighted by Crippen LogP contribution is -2.43. The molecule has 2 heterocycles. The van der Waals surface area contributed by atoms with Crippen molar-refractivity contribution in [3.63, 3.8) is 0 Å². The Hall–Kier alpha value is -2.48. The number of benzene rings is 1. The lowest BCUT2D eigenvalue weighted by molar-refractivity contribution is -0.0498. The first-order valence-electron chi connectivity index (χ1n) is 8.11. The maximum atomic E-state index is 12.3. The smallest absolute Gasteiger partial charge is 0.387 e. The normalized spacial score (nSPS) is 16.2. The van der Waals surface area contributed by atoms with Crippen molar-refractivity contribution in [3.05, 3.63) is 36.0 Å². The minimum atomic E-state index is -2.86. The second-order valence-corrected chi connectivity index (χ2v) is 6.12. The SMILES string of the molecule is CN1CCC(NC(=O)c2cc(-c3ccc(OC(F)F)cc3)n[nH]2)CC1. The molecule has 6 nitrogen and oxygen atoms in total. The van der Waals surface area contributed by atoms with Gasteiger partial charge in [-0.05, 0) is 63.3 Å². The predicted molar refractivity (Wildman–Crippen MR) is 88.6 cm³/mol. The lowest BCUT2D eigenvalue weighted by atomic mass is 10.1. The Balaban J connectivity index is 1.62. The topological polar surface area (TPSA) is 70.2 Å². The summed E-state index contributed by atoms with van der Waals surface area (Å²) in [5.41, 5.74) is 1.65. The fourth-order valence-corrected chi connectivity index (χ4v) is 2.81. The number of aromatic amines is 1. The number of likely N-dealkylation sites (tertiary alicyclic amines) is 1. The van der Waals surface area contributed by atoms with Gasteiger partial charge in [0.1, 0.15) is 11.4 Å². The van der Waals surface area contributed by atoms with Gasteiger partial charge in [-0.3, -0.25) is 9.89 Å². The molecule has 3 rings (SSSR count). The number of carbonyl (C=O) groups is 1. The summed E-state index contributed by atoms with van der Waals surface area (Å²) in [4.78, 5) is 14.5. The molecule has 0 atom stereocenters. The van der Waals surface area contributed by atoms with Gasteiger partial charge in [0.15, 0.2) is 0 Å². The fraction of sp³-hybridized carbons (Fsp3) is 0.412. The molecule has 134 valence electrons. The fourth-order valence-electron chi connectivity index (χ4n) is 2.81. The van der Waals surface area contributed by atoms with Crippen molar-refractivity contribution in [1.29, 1.82) is 0 Å². The quantitative estimate of drug-likeness (QED) is 0.869. The van der Waals surface area contributed by atoms with E-state index in [1.54, 1.807) is 18.2 Å². The van der Waals surface area contributed by atoms with Crippen molar-refractivity contribution in [2.75, 3.05) is 20.1 Å². The second kappa shape index (κ2) is 7.60. The standard InChI is InChI=1S/C17H20F2N4O2/c1-23-8-6-12(7-9-23)20-16(24)15-10-14(21-22-15)11-2-4-13(5-3-11)25-17(18)19/h2-5,10,12,17H,6-9H2,1H3,(H,20,24)(H,21,22). The van der Waals surface area contributed by atoms with Gasteiger partial charge in [0.25, 0.3) is 5.91 Å². The van der Waals surface area contributed by atoms with Gasteiger partial charge in [-0.2, -0.15) is 13.9 Å². The summed E-state index contributed by atoms with van der Waals surface area (Å²) in [6, 6.07) is 7.93. The highest BCUT2D eigenvalue weighted by atomic mass is 19.3. The van der Waals surface area contributed by atoms with Crippen LogP contribution in [0.5, 0.6) is 5.75 Å². The largest absolute Gasteiger partial charge is 0.435 e. The zero-order chi connectivity index (χ0) is 17.8. The van der Waals surface area contributed by atoms with Gasteiger partial charge in [-0.1, -0.05) is 0 Å². The Morgan fingerprint density at radius 1 is 1.32 bits per heavy atom. The summed E-state index contributed by atoms with van der Waals surface area (Å²) in [7, 11) is 2.07. The molecule has 1 aromatic carbocycles. The third kappa shape index (κ3) is 4.54. The van der Waals surface area contributed by atoms with Gasteiger partial charge in [0, 0.05) is 11.6 Å². The zero-order valence-corrected chi connectivity index (χ0v) is 13.8. The van der Waals surface area contributed by atoms with E-state index in [0.717, 1.165) is 25.9 Å². The van der Waals surface area contributed by atoms with Crippen LogP contribution in [0.15, 0.2) is 30.3 Å². The third-order valence-corrected chi connectivity index (χ3v) is 4.25. The molecule has 1 aliphatic rings. The number of nitrogens with one attached hydrogen (secondary N) is 2. The summed E-state index contributed by atoms with van der Waals surface area (Å²) in [6.45, 7) is -0.926. The summed E-state index contributed by atoms with van der Waals surface area (Å²) >= 11 is 0. The maximum absolute atomic E-state index is 12.3. The Morgan fingerprint density at radius 3 is 2.64 bits per heavy atom. The molecule has 0 spiro atoms. The van der Waals surface area contributed by atoms with E-state index in [0.29, 0.717) is 17.0 Å². The average molecular weight is 350 g/mol.